The minimum atomic E-state index is -0.504. The van der Waals surface area contributed by atoms with Gasteiger partial charge in [-0.1, -0.05) is 34.8 Å². The number of nitrogens with one attached hydrogen (secondary N) is 1. The van der Waals surface area contributed by atoms with Gasteiger partial charge >= 0.3 is 6.03 Å². The van der Waals surface area contributed by atoms with E-state index in [2.05, 4.69) is 5.32 Å². The zero-order valence-electron chi connectivity index (χ0n) is 7.72. The Morgan fingerprint density at radius 2 is 1.80 bits per heavy atom. The molecule has 0 saturated carbocycles. The van der Waals surface area contributed by atoms with Crippen molar-refractivity contribution in [2.75, 3.05) is 12.4 Å². The van der Waals surface area contributed by atoms with Crippen molar-refractivity contribution in [3.8, 4) is 0 Å². The van der Waals surface area contributed by atoms with Gasteiger partial charge in [0.15, 0.2) is 0 Å². The topological polar surface area (TPSA) is 58.4 Å². The fraction of sp³-hybridized carbons (Fsp3) is 0.125. The van der Waals surface area contributed by atoms with Crippen LogP contribution in [-0.4, -0.2) is 18.1 Å². The molecule has 0 heterocycles. The first-order valence-corrected chi connectivity index (χ1v) is 4.99. The van der Waals surface area contributed by atoms with Crippen molar-refractivity contribution >= 4 is 46.5 Å². The summed E-state index contributed by atoms with van der Waals surface area (Å²) < 4.78 is 0. The highest BCUT2D eigenvalue weighted by atomic mass is 35.5. The number of halogens is 3. The molecule has 0 aliphatic carbocycles. The van der Waals surface area contributed by atoms with Crippen molar-refractivity contribution in [1.82, 2.24) is 5.01 Å². The lowest BCUT2D eigenvalue weighted by atomic mass is 10.3. The van der Waals surface area contributed by atoms with Crippen LogP contribution in [0.3, 0.4) is 0 Å². The predicted octanol–water partition coefficient (Wildman–Crippen LogP) is 2.98. The normalized spacial score (nSPS) is 9.93. The molecule has 1 aromatic rings. The number of hydrogen-bond donors (Lipinski definition) is 2. The molecular formula is C8H8Cl3N3O. The molecule has 2 amide bonds. The Hall–Kier alpha value is -0.680. The summed E-state index contributed by atoms with van der Waals surface area (Å²) in [5.41, 5.74) is 0.355. The largest absolute Gasteiger partial charge is 0.335 e. The van der Waals surface area contributed by atoms with E-state index in [1.807, 2.05) is 0 Å². The van der Waals surface area contributed by atoms with Gasteiger partial charge in [0, 0.05) is 7.05 Å². The van der Waals surface area contributed by atoms with Gasteiger partial charge in [-0.05, 0) is 12.1 Å². The summed E-state index contributed by atoms with van der Waals surface area (Å²) in [4.78, 5) is 11.2. The van der Waals surface area contributed by atoms with Crippen LogP contribution in [-0.2, 0) is 0 Å². The van der Waals surface area contributed by atoms with E-state index in [9.17, 15) is 4.79 Å². The average molecular weight is 269 g/mol. The van der Waals surface area contributed by atoms with Crippen LogP contribution in [0.2, 0.25) is 15.1 Å². The minimum absolute atomic E-state index is 0.291. The van der Waals surface area contributed by atoms with Crippen LogP contribution >= 0.6 is 34.8 Å². The standard InChI is InChI=1S/C8H8Cl3N3O/c1-14(12)8(15)13-7-3-5(10)4(9)2-6(7)11/h2-3H,12H2,1H3,(H,13,15). The Kier molecular flexibility index (Phi) is 4.04. The van der Waals surface area contributed by atoms with Crippen molar-refractivity contribution in [1.29, 1.82) is 0 Å². The third-order valence-corrected chi connectivity index (χ3v) is 2.61. The Bertz CT molecular complexity index is 395. The van der Waals surface area contributed by atoms with Crippen LogP contribution < -0.4 is 11.2 Å². The van der Waals surface area contributed by atoms with E-state index in [0.29, 0.717) is 20.8 Å². The number of carbonyl (C=O) groups is 1. The van der Waals surface area contributed by atoms with Gasteiger partial charge in [-0.2, -0.15) is 0 Å². The molecule has 4 nitrogen and oxygen atoms in total. The quantitative estimate of drug-likeness (QED) is 0.356. The number of nitrogens with zero attached hydrogens (tertiary/aromatic N) is 1. The minimum Gasteiger partial charge on any atom is -0.305 e. The fourth-order valence-corrected chi connectivity index (χ4v) is 1.42. The van der Waals surface area contributed by atoms with Crippen LogP contribution in [0.15, 0.2) is 12.1 Å². The molecule has 82 valence electrons. The zero-order valence-corrected chi connectivity index (χ0v) is 9.99. The van der Waals surface area contributed by atoms with Gasteiger partial charge in [-0.25, -0.2) is 10.6 Å². The summed E-state index contributed by atoms with van der Waals surface area (Å²) in [7, 11) is 1.40. The van der Waals surface area contributed by atoms with Crippen LogP contribution in [0.25, 0.3) is 0 Å². The maximum absolute atomic E-state index is 11.2. The number of benzene rings is 1. The molecule has 1 aromatic carbocycles. The summed E-state index contributed by atoms with van der Waals surface area (Å²) in [6.45, 7) is 0. The number of carbonyl (C=O) groups excluding carboxylic acids is 1. The lowest BCUT2D eigenvalue weighted by molar-refractivity contribution is 0.223. The third kappa shape index (κ3) is 3.14. The molecule has 0 spiro atoms. The maximum Gasteiger partial charge on any atom is 0.335 e. The van der Waals surface area contributed by atoms with E-state index in [0.717, 1.165) is 5.01 Å². The van der Waals surface area contributed by atoms with Gasteiger partial charge in [-0.15, -0.1) is 0 Å². The molecule has 0 aromatic heterocycles. The number of hydrogen-bond acceptors (Lipinski definition) is 2. The Morgan fingerprint density at radius 1 is 1.27 bits per heavy atom. The molecular weight excluding hydrogens is 260 g/mol. The smallest absolute Gasteiger partial charge is 0.305 e. The Labute approximate surface area is 102 Å². The molecule has 0 radical (unpaired) electrons. The molecule has 3 N–H and O–H groups in total. The zero-order chi connectivity index (χ0) is 11.6. The number of hydrazine groups is 1. The molecule has 7 heteroatoms. The average Bonchev–Trinajstić information content (AvgIpc) is 2.13. The van der Waals surface area contributed by atoms with Gasteiger partial charge in [0.2, 0.25) is 0 Å². The van der Waals surface area contributed by atoms with Crippen LogP contribution in [0.1, 0.15) is 0 Å². The highest BCUT2D eigenvalue weighted by molar-refractivity contribution is 6.44. The summed E-state index contributed by atoms with van der Waals surface area (Å²) in [5.74, 6) is 5.22. The van der Waals surface area contributed by atoms with Crippen LogP contribution in [0, 0.1) is 0 Å². The second kappa shape index (κ2) is 4.90. The summed E-state index contributed by atoms with van der Waals surface area (Å²) in [5, 5.41) is 4.27. The number of urea groups is 1. The van der Waals surface area contributed by atoms with E-state index in [1.165, 1.54) is 19.2 Å². The van der Waals surface area contributed by atoms with E-state index in [1.54, 1.807) is 0 Å². The first kappa shape index (κ1) is 12.4. The van der Waals surface area contributed by atoms with Gasteiger partial charge in [0.1, 0.15) is 0 Å². The summed E-state index contributed by atoms with van der Waals surface area (Å²) in [6.07, 6.45) is 0. The lowest BCUT2D eigenvalue weighted by Crippen LogP contribution is -2.36. The van der Waals surface area contributed by atoms with Crippen LogP contribution in [0.5, 0.6) is 0 Å². The van der Waals surface area contributed by atoms with Gasteiger partial charge in [0.05, 0.1) is 20.8 Å². The van der Waals surface area contributed by atoms with Crippen molar-refractivity contribution in [2.24, 2.45) is 5.84 Å². The van der Waals surface area contributed by atoms with Crippen LogP contribution in [0.4, 0.5) is 10.5 Å². The third-order valence-electron chi connectivity index (χ3n) is 1.57. The van der Waals surface area contributed by atoms with E-state index in [4.69, 9.17) is 40.6 Å². The molecule has 0 atom stereocenters. The van der Waals surface area contributed by atoms with Crippen molar-refractivity contribution in [3.05, 3.63) is 27.2 Å². The molecule has 0 saturated heterocycles. The number of anilines is 1. The lowest BCUT2D eigenvalue weighted by Gasteiger charge is -2.13. The van der Waals surface area contributed by atoms with Crippen molar-refractivity contribution < 1.29 is 4.79 Å². The predicted molar refractivity (Wildman–Crippen MR) is 62.4 cm³/mol. The summed E-state index contributed by atoms with van der Waals surface area (Å²) in [6, 6.07) is 2.39. The maximum atomic E-state index is 11.2. The second-order valence-electron chi connectivity index (χ2n) is 2.79. The molecule has 1 rings (SSSR count). The second-order valence-corrected chi connectivity index (χ2v) is 4.01. The fourth-order valence-electron chi connectivity index (χ4n) is 0.822. The Morgan fingerprint density at radius 3 is 2.33 bits per heavy atom. The van der Waals surface area contributed by atoms with Gasteiger partial charge in [-0.3, -0.25) is 5.01 Å². The molecule has 0 fully saturated rings. The SMILES string of the molecule is CN(N)C(=O)Nc1cc(Cl)c(Cl)cc1Cl. The van der Waals surface area contributed by atoms with Crippen molar-refractivity contribution in [2.45, 2.75) is 0 Å². The van der Waals surface area contributed by atoms with Gasteiger partial charge < -0.3 is 5.32 Å². The molecule has 0 aliphatic heterocycles. The van der Waals surface area contributed by atoms with E-state index < -0.39 is 6.03 Å². The number of amides is 2. The first-order chi connectivity index (χ1) is 6.91. The molecule has 0 bridgehead atoms. The first-order valence-electron chi connectivity index (χ1n) is 3.85. The molecule has 15 heavy (non-hydrogen) atoms. The molecule has 0 aliphatic rings. The highest BCUT2D eigenvalue weighted by Gasteiger charge is 2.10. The van der Waals surface area contributed by atoms with Crippen molar-refractivity contribution in [3.63, 3.8) is 0 Å². The number of nitrogens with two attached hydrogens (primary N) is 1. The highest BCUT2D eigenvalue weighted by Crippen LogP contribution is 2.32. The Balaban J connectivity index is 2.96. The van der Waals surface area contributed by atoms with Gasteiger partial charge in [0.25, 0.3) is 0 Å². The molecule has 0 unspecified atom stereocenters. The number of rotatable bonds is 1. The monoisotopic (exact) mass is 267 g/mol. The summed E-state index contributed by atoms with van der Waals surface area (Å²) >= 11 is 17.3. The van der Waals surface area contributed by atoms with E-state index >= 15 is 0 Å². The van der Waals surface area contributed by atoms with E-state index in [-0.39, 0.29) is 0 Å².